The van der Waals surface area contributed by atoms with Crippen LogP contribution in [0.1, 0.15) is 32.9 Å². The van der Waals surface area contributed by atoms with Crippen LogP contribution in [-0.2, 0) is 13.0 Å². The van der Waals surface area contributed by atoms with Crippen molar-refractivity contribution >= 4 is 5.78 Å². The summed E-state index contributed by atoms with van der Waals surface area (Å²) >= 11 is 0. The summed E-state index contributed by atoms with van der Waals surface area (Å²) in [6.45, 7) is 0.354. The van der Waals surface area contributed by atoms with Crippen LogP contribution in [0.15, 0.2) is 56.2 Å². The van der Waals surface area contributed by atoms with Gasteiger partial charge in [0.15, 0.2) is 5.78 Å². The summed E-state index contributed by atoms with van der Waals surface area (Å²) in [5.74, 6) is -0.228. The van der Waals surface area contributed by atoms with Crippen LogP contribution in [0.4, 0.5) is 0 Å². The normalized spacial score (nSPS) is 13.0. The molecule has 0 saturated carbocycles. The molecule has 3 aromatic rings. The first kappa shape index (κ1) is 13.5. The number of carbonyl (C=O) groups excluding carboxylic acids is 1. The van der Waals surface area contributed by atoms with Gasteiger partial charge in [-0.15, -0.1) is 0 Å². The number of ketones is 1. The van der Waals surface area contributed by atoms with Gasteiger partial charge >= 0.3 is 5.82 Å². The smallest absolute Gasteiger partial charge is 0.488 e. The molecule has 0 atom stereocenters. The lowest BCUT2D eigenvalue weighted by Gasteiger charge is -2.07. The van der Waals surface area contributed by atoms with Gasteiger partial charge in [-0.25, -0.2) is 4.79 Å². The highest BCUT2D eigenvalue weighted by Gasteiger charge is 2.22. The molecule has 2 aromatic carbocycles. The lowest BCUT2D eigenvalue weighted by Crippen LogP contribution is -2.03. The summed E-state index contributed by atoms with van der Waals surface area (Å²) in [4.78, 5) is 23.6. The predicted molar refractivity (Wildman–Crippen MR) is 78.5 cm³/mol. The lowest BCUT2D eigenvalue weighted by atomic mass is 9.97. The average molecular weight is 309 g/mol. The van der Waals surface area contributed by atoms with E-state index in [0.29, 0.717) is 23.5 Å². The molecule has 0 saturated heterocycles. The van der Waals surface area contributed by atoms with E-state index in [4.69, 9.17) is 9.15 Å². The number of hydrogen-bond donors (Lipinski definition) is 0. The molecule has 0 radical (unpaired) electrons. The van der Waals surface area contributed by atoms with E-state index in [1.807, 2.05) is 18.2 Å². The molecule has 0 bridgehead atoms. The second kappa shape index (κ2) is 5.24. The van der Waals surface area contributed by atoms with Crippen molar-refractivity contribution in [3.8, 4) is 5.75 Å². The molecule has 0 spiro atoms. The van der Waals surface area contributed by atoms with E-state index < -0.39 is 5.82 Å². The Morgan fingerprint density at radius 2 is 1.91 bits per heavy atom. The minimum absolute atomic E-state index is 0.0865. The van der Waals surface area contributed by atoms with E-state index >= 15 is 0 Å². The molecule has 23 heavy (non-hydrogen) atoms. The summed E-state index contributed by atoms with van der Waals surface area (Å²) in [5, 5.41) is 3.53. The zero-order valence-electron chi connectivity index (χ0n) is 11.9. The van der Waals surface area contributed by atoms with Crippen molar-refractivity contribution in [1.82, 2.24) is 5.16 Å². The maximum absolute atomic E-state index is 12.7. The number of carbonyl (C=O) groups is 1. The van der Waals surface area contributed by atoms with Crippen LogP contribution in [0.25, 0.3) is 0 Å². The Kier molecular flexibility index (Phi) is 3.08. The maximum atomic E-state index is 12.7. The molecule has 1 aliphatic rings. The Hall–Kier alpha value is -3.15. The molecular weight excluding hydrogens is 298 g/mol. The van der Waals surface area contributed by atoms with Crippen molar-refractivity contribution in [1.29, 1.82) is 0 Å². The predicted octanol–water partition coefficient (Wildman–Crippen LogP) is 2.34. The molecule has 1 aliphatic heterocycles. The zero-order valence-corrected chi connectivity index (χ0v) is 11.9. The molecular formula is C17H11NO5. The molecule has 2 heterocycles. The van der Waals surface area contributed by atoms with Crippen LogP contribution in [0.5, 0.6) is 5.75 Å². The largest absolute Gasteiger partial charge is 0.542 e. The van der Waals surface area contributed by atoms with E-state index in [-0.39, 0.29) is 18.1 Å². The summed E-state index contributed by atoms with van der Waals surface area (Å²) in [5.41, 5.74) is 2.75. The van der Waals surface area contributed by atoms with E-state index in [1.54, 1.807) is 24.3 Å². The number of benzene rings is 2. The SMILES string of the molecule is O=C1c2ccccc2COc2ccc(Cc3noc(=O)o3)cc21. The van der Waals surface area contributed by atoms with Crippen LogP contribution in [0.3, 0.4) is 0 Å². The van der Waals surface area contributed by atoms with Gasteiger partial charge in [-0.1, -0.05) is 30.3 Å². The number of rotatable bonds is 2. The summed E-state index contributed by atoms with van der Waals surface area (Å²) in [7, 11) is 0. The standard InChI is InChI=1S/C17H11NO5/c19-16-12-4-2-1-3-11(12)9-21-14-6-5-10(7-13(14)16)8-15-18-23-17(20)22-15/h1-7H,8-9H2. The van der Waals surface area contributed by atoms with Crippen LogP contribution in [0.2, 0.25) is 0 Å². The van der Waals surface area contributed by atoms with E-state index in [1.165, 1.54) is 0 Å². The van der Waals surface area contributed by atoms with Gasteiger partial charge in [0, 0.05) is 11.1 Å². The lowest BCUT2D eigenvalue weighted by molar-refractivity contribution is 0.103. The molecule has 6 nitrogen and oxygen atoms in total. The quantitative estimate of drug-likeness (QED) is 0.722. The van der Waals surface area contributed by atoms with Crippen molar-refractivity contribution < 1.29 is 18.5 Å². The van der Waals surface area contributed by atoms with Gasteiger partial charge in [0.2, 0.25) is 5.89 Å². The van der Waals surface area contributed by atoms with E-state index in [2.05, 4.69) is 9.68 Å². The highest BCUT2D eigenvalue weighted by Crippen LogP contribution is 2.29. The van der Waals surface area contributed by atoms with Gasteiger partial charge in [-0.3, -0.25) is 9.32 Å². The maximum Gasteiger partial charge on any atom is 0.542 e. The minimum Gasteiger partial charge on any atom is -0.488 e. The molecule has 0 aliphatic carbocycles. The fraction of sp³-hybridized carbons (Fsp3) is 0.118. The number of aromatic nitrogens is 1. The molecule has 0 amide bonds. The molecule has 6 heteroatoms. The minimum atomic E-state index is -0.844. The molecule has 0 N–H and O–H groups in total. The third kappa shape index (κ3) is 2.44. The summed E-state index contributed by atoms with van der Waals surface area (Å²) in [6, 6.07) is 12.7. The van der Waals surface area contributed by atoms with Crippen molar-refractivity contribution in [3.63, 3.8) is 0 Å². The van der Waals surface area contributed by atoms with Gasteiger partial charge in [-0.2, -0.15) is 0 Å². The van der Waals surface area contributed by atoms with Crippen LogP contribution < -0.4 is 10.6 Å². The molecule has 4 rings (SSSR count). The Morgan fingerprint density at radius 3 is 2.74 bits per heavy atom. The summed E-state index contributed by atoms with van der Waals surface area (Å²) < 4.78 is 14.9. The summed E-state index contributed by atoms with van der Waals surface area (Å²) in [6.07, 6.45) is 0.258. The topological polar surface area (TPSA) is 82.5 Å². The van der Waals surface area contributed by atoms with Gasteiger partial charge in [0.05, 0.1) is 12.0 Å². The molecule has 1 aromatic heterocycles. The van der Waals surface area contributed by atoms with Crippen molar-refractivity contribution in [2.24, 2.45) is 0 Å². The van der Waals surface area contributed by atoms with Gasteiger partial charge in [-0.05, 0) is 22.9 Å². The highest BCUT2D eigenvalue weighted by molar-refractivity contribution is 6.12. The second-order valence-electron chi connectivity index (χ2n) is 5.21. The number of ether oxygens (including phenoxy) is 1. The highest BCUT2D eigenvalue weighted by atomic mass is 16.6. The van der Waals surface area contributed by atoms with E-state index in [9.17, 15) is 9.59 Å². The van der Waals surface area contributed by atoms with Crippen LogP contribution >= 0.6 is 0 Å². The zero-order chi connectivity index (χ0) is 15.8. The van der Waals surface area contributed by atoms with Crippen molar-refractivity contribution in [3.05, 3.63) is 81.2 Å². The van der Waals surface area contributed by atoms with Crippen molar-refractivity contribution in [2.75, 3.05) is 0 Å². The second-order valence-corrected chi connectivity index (χ2v) is 5.21. The Balaban J connectivity index is 1.74. The number of fused-ring (bicyclic) bond motifs is 2. The van der Waals surface area contributed by atoms with E-state index in [0.717, 1.165) is 11.1 Å². The third-order valence-electron chi connectivity index (χ3n) is 3.71. The first-order valence-electron chi connectivity index (χ1n) is 7.05. The molecule has 0 fully saturated rings. The fourth-order valence-electron chi connectivity index (χ4n) is 2.62. The Bertz CT molecular complexity index is 953. The monoisotopic (exact) mass is 309 g/mol. The molecule has 114 valence electrons. The fourth-order valence-corrected chi connectivity index (χ4v) is 2.62. The van der Waals surface area contributed by atoms with Gasteiger partial charge in [0.25, 0.3) is 0 Å². The Labute approximate surface area is 130 Å². The van der Waals surface area contributed by atoms with Crippen LogP contribution in [-0.4, -0.2) is 10.9 Å². The van der Waals surface area contributed by atoms with Gasteiger partial charge in [0.1, 0.15) is 12.4 Å². The first-order chi connectivity index (χ1) is 11.2. The first-order valence-corrected chi connectivity index (χ1v) is 7.05. The number of hydrogen-bond acceptors (Lipinski definition) is 6. The van der Waals surface area contributed by atoms with Crippen LogP contribution in [0, 0.1) is 0 Å². The number of nitrogens with zero attached hydrogens (tertiary/aromatic N) is 1. The third-order valence-corrected chi connectivity index (χ3v) is 3.71. The molecule has 0 unspecified atom stereocenters. The van der Waals surface area contributed by atoms with Gasteiger partial charge < -0.3 is 9.15 Å². The average Bonchev–Trinajstić information content (AvgIpc) is 2.92. The Morgan fingerprint density at radius 1 is 1.04 bits per heavy atom. The van der Waals surface area contributed by atoms with Crippen molar-refractivity contribution in [2.45, 2.75) is 13.0 Å².